The van der Waals surface area contributed by atoms with Crippen LogP contribution < -0.4 is 4.74 Å². The van der Waals surface area contributed by atoms with Gasteiger partial charge in [0.25, 0.3) is 0 Å². The van der Waals surface area contributed by atoms with Gasteiger partial charge in [0, 0.05) is 0 Å². The number of methoxy groups -OCH3 is 1. The van der Waals surface area contributed by atoms with Crippen molar-refractivity contribution in [3.05, 3.63) is 29.3 Å². The first-order valence-electron chi connectivity index (χ1n) is 6.84. The zero-order chi connectivity index (χ0) is 14.1. The number of ether oxygens (including phenoxy) is 3. The predicted octanol–water partition coefficient (Wildman–Crippen LogP) is 3.60. The Labute approximate surface area is 115 Å². The second kappa shape index (κ2) is 5.14. The van der Waals surface area contributed by atoms with Crippen molar-refractivity contribution in [3.8, 4) is 5.75 Å². The average Bonchev–Trinajstić information content (AvgIpc) is 2.38. The summed E-state index contributed by atoms with van der Waals surface area (Å²) in [5.74, 6) is 0.114. The summed E-state index contributed by atoms with van der Waals surface area (Å²) >= 11 is 0. The largest absolute Gasteiger partial charge is 0.496 e. The Morgan fingerprint density at radius 3 is 2.32 bits per heavy atom. The van der Waals surface area contributed by atoms with Crippen molar-refractivity contribution >= 4 is 0 Å². The molecule has 0 aliphatic carbocycles. The number of benzene rings is 1. The summed E-state index contributed by atoms with van der Waals surface area (Å²) in [6.45, 7) is 10.0. The molecule has 0 N–H and O–H groups in total. The topological polar surface area (TPSA) is 27.7 Å². The van der Waals surface area contributed by atoms with E-state index in [0.717, 1.165) is 30.9 Å². The first-order chi connectivity index (χ1) is 8.87. The Kier molecular flexibility index (Phi) is 3.88. The molecule has 0 amide bonds. The lowest BCUT2D eigenvalue weighted by Gasteiger charge is -2.36. The van der Waals surface area contributed by atoms with Crippen LogP contribution in [-0.4, -0.2) is 20.3 Å². The quantitative estimate of drug-likeness (QED) is 0.817. The van der Waals surface area contributed by atoms with Gasteiger partial charge in [0.1, 0.15) is 5.75 Å². The molecule has 106 valence electrons. The minimum atomic E-state index is -0.704. The van der Waals surface area contributed by atoms with E-state index in [1.54, 1.807) is 7.11 Å². The Morgan fingerprint density at radius 1 is 1.16 bits per heavy atom. The van der Waals surface area contributed by atoms with E-state index >= 15 is 0 Å². The van der Waals surface area contributed by atoms with Crippen LogP contribution in [0.1, 0.15) is 45.2 Å². The molecule has 0 unspecified atom stereocenters. The number of hydrogen-bond donors (Lipinski definition) is 0. The zero-order valence-corrected chi connectivity index (χ0v) is 12.6. The minimum absolute atomic E-state index is 0.0893. The molecule has 19 heavy (non-hydrogen) atoms. The summed E-state index contributed by atoms with van der Waals surface area (Å²) in [4.78, 5) is 0. The van der Waals surface area contributed by atoms with Crippen LogP contribution in [0.3, 0.4) is 0 Å². The zero-order valence-electron chi connectivity index (χ0n) is 12.6. The predicted molar refractivity (Wildman–Crippen MR) is 75.6 cm³/mol. The molecule has 0 spiro atoms. The monoisotopic (exact) mass is 264 g/mol. The van der Waals surface area contributed by atoms with Gasteiger partial charge in [-0.3, -0.25) is 0 Å². The van der Waals surface area contributed by atoms with Gasteiger partial charge < -0.3 is 14.2 Å². The third-order valence-electron chi connectivity index (χ3n) is 3.60. The molecule has 2 rings (SSSR count). The van der Waals surface area contributed by atoms with Crippen molar-refractivity contribution in [2.45, 2.75) is 45.3 Å². The molecule has 0 aromatic heterocycles. The molecular formula is C16H24O3. The van der Waals surface area contributed by atoms with Gasteiger partial charge in [-0.05, 0) is 36.5 Å². The van der Waals surface area contributed by atoms with E-state index in [4.69, 9.17) is 14.2 Å². The van der Waals surface area contributed by atoms with Gasteiger partial charge in [-0.1, -0.05) is 26.8 Å². The van der Waals surface area contributed by atoms with E-state index in [1.165, 1.54) is 5.56 Å². The highest BCUT2D eigenvalue weighted by Gasteiger charge is 2.35. The van der Waals surface area contributed by atoms with Crippen molar-refractivity contribution in [1.29, 1.82) is 0 Å². The molecule has 1 aromatic carbocycles. The van der Waals surface area contributed by atoms with Gasteiger partial charge in [0.15, 0.2) is 5.79 Å². The normalized spacial score (nSPS) is 19.2. The fraction of sp³-hybridized carbons (Fsp3) is 0.625. The average molecular weight is 264 g/mol. The molecule has 1 aromatic rings. The summed E-state index contributed by atoms with van der Waals surface area (Å²) in [7, 11) is 1.68. The van der Waals surface area contributed by atoms with E-state index < -0.39 is 5.79 Å². The van der Waals surface area contributed by atoms with E-state index in [0.29, 0.717) is 0 Å². The van der Waals surface area contributed by atoms with Crippen molar-refractivity contribution in [3.63, 3.8) is 0 Å². The van der Waals surface area contributed by atoms with Gasteiger partial charge in [-0.15, -0.1) is 0 Å². The van der Waals surface area contributed by atoms with E-state index in [-0.39, 0.29) is 5.41 Å². The van der Waals surface area contributed by atoms with Crippen LogP contribution >= 0.6 is 0 Å². The molecular weight excluding hydrogens is 240 g/mol. The van der Waals surface area contributed by atoms with Gasteiger partial charge >= 0.3 is 0 Å². The molecule has 3 heteroatoms. The highest BCUT2D eigenvalue weighted by molar-refractivity contribution is 5.42. The third kappa shape index (κ3) is 2.93. The standard InChI is InChI=1S/C16H24O3/c1-15(2,3)12-7-8-14(17-5)13(11-12)16(4)18-9-6-10-19-16/h7-8,11H,6,9-10H2,1-5H3. The van der Waals surface area contributed by atoms with Crippen molar-refractivity contribution in [1.82, 2.24) is 0 Å². The molecule has 0 radical (unpaired) electrons. The van der Waals surface area contributed by atoms with E-state index in [9.17, 15) is 0 Å². The maximum Gasteiger partial charge on any atom is 0.195 e. The Balaban J connectivity index is 2.47. The van der Waals surface area contributed by atoms with Crippen LogP contribution in [0.4, 0.5) is 0 Å². The summed E-state index contributed by atoms with van der Waals surface area (Å²) in [5, 5.41) is 0. The molecule has 1 fully saturated rings. The summed E-state index contributed by atoms with van der Waals surface area (Å²) < 4.78 is 17.2. The maximum absolute atomic E-state index is 5.86. The molecule has 1 aliphatic heterocycles. The van der Waals surface area contributed by atoms with Crippen LogP contribution in [0.2, 0.25) is 0 Å². The molecule has 1 saturated heterocycles. The number of hydrogen-bond acceptors (Lipinski definition) is 3. The van der Waals surface area contributed by atoms with Gasteiger partial charge in [-0.2, -0.15) is 0 Å². The Bertz CT molecular complexity index is 440. The minimum Gasteiger partial charge on any atom is -0.496 e. The van der Waals surface area contributed by atoms with Gasteiger partial charge in [0.05, 0.1) is 25.9 Å². The van der Waals surface area contributed by atoms with Crippen molar-refractivity contribution in [2.24, 2.45) is 0 Å². The maximum atomic E-state index is 5.86. The first-order valence-corrected chi connectivity index (χ1v) is 6.84. The summed E-state index contributed by atoms with van der Waals surface area (Å²) in [6.07, 6.45) is 0.941. The van der Waals surface area contributed by atoms with E-state index in [1.807, 2.05) is 13.0 Å². The van der Waals surface area contributed by atoms with E-state index in [2.05, 4.69) is 32.9 Å². The van der Waals surface area contributed by atoms with Crippen LogP contribution in [0.25, 0.3) is 0 Å². The number of rotatable bonds is 2. The molecule has 1 heterocycles. The highest BCUT2D eigenvalue weighted by atomic mass is 16.7. The second-order valence-electron chi connectivity index (χ2n) is 6.16. The highest BCUT2D eigenvalue weighted by Crippen LogP contribution is 2.38. The van der Waals surface area contributed by atoms with Gasteiger partial charge in [-0.25, -0.2) is 0 Å². The summed E-state index contributed by atoms with van der Waals surface area (Å²) in [5.41, 5.74) is 2.32. The first kappa shape index (κ1) is 14.4. The fourth-order valence-electron chi connectivity index (χ4n) is 2.32. The van der Waals surface area contributed by atoms with Crippen LogP contribution in [0.5, 0.6) is 5.75 Å². The Hall–Kier alpha value is -1.06. The van der Waals surface area contributed by atoms with Gasteiger partial charge in [0.2, 0.25) is 0 Å². The van der Waals surface area contributed by atoms with Crippen molar-refractivity contribution in [2.75, 3.05) is 20.3 Å². The molecule has 3 nitrogen and oxygen atoms in total. The van der Waals surface area contributed by atoms with Crippen LogP contribution in [0, 0.1) is 0 Å². The van der Waals surface area contributed by atoms with Crippen molar-refractivity contribution < 1.29 is 14.2 Å². The fourth-order valence-corrected chi connectivity index (χ4v) is 2.32. The van der Waals surface area contributed by atoms with Crippen LogP contribution in [-0.2, 0) is 20.7 Å². The molecule has 0 bridgehead atoms. The lowest BCUT2D eigenvalue weighted by Crippen LogP contribution is -2.35. The SMILES string of the molecule is COc1ccc(C(C)(C)C)cc1C1(C)OCCCO1. The Morgan fingerprint density at radius 2 is 1.79 bits per heavy atom. The third-order valence-corrected chi connectivity index (χ3v) is 3.60. The molecule has 0 saturated carbocycles. The lowest BCUT2D eigenvalue weighted by atomic mass is 9.85. The smallest absolute Gasteiger partial charge is 0.195 e. The lowest BCUT2D eigenvalue weighted by molar-refractivity contribution is -0.265. The van der Waals surface area contributed by atoms with Crippen LogP contribution in [0.15, 0.2) is 18.2 Å². The summed E-state index contributed by atoms with van der Waals surface area (Å²) in [6, 6.07) is 6.25. The molecule has 1 aliphatic rings. The second-order valence-corrected chi connectivity index (χ2v) is 6.16. The molecule has 0 atom stereocenters.